The Bertz CT molecular complexity index is 390. The number of halogens is 1. The molecule has 0 aliphatic carbocycles. The second-order valence-electron chi connectivity index (χ2n) is 3.70. The molecule has 0 radical (unpaired) electrons. The Labute approximate surface area is 106 Å². The lowest BCUT2D eigenvalue weighted by Crippen LogP contribution is -2.20. The highest BCUT2D eigenvalue weighted by molar-refractivity contribution is 6.31. The number of aromatic nitrogens is 2. The Morgan fingerprint density at radius 3 is 2.82 bits per heavy atom. The van der Waals surface area contributed by atoms with E-state index in [2.05, 4.69) is 10.4 Å². The van der Waals surface area contributed by atoms with Crippen LogP contribution in [-0.4, -0.2) is 28.9 Å². The molecular formula is C11H18ClN3O2. The summed E-state index contributed by atoms with van der Waals surface area (Å²) in [5, 5.41) is 8.02. The first-order valence-electron chi connectivity index (χ1n) is 5.60. The van der Waals surface area contributed by atoms with Gasteiger partial charge in [0.15, 0.2) is 0 Å². The van der Waals surface area contributed by atoms with Gasteiger partial charge < -0.3 is 10.1 Å². The van der Waals surface area contributed by atoms with Gasteiger partial charge in [0.1, 0.15) is 0 Å². The summed E-state index contributed by atoms with van der Waals surface area (Å²) >= 11 is 6.09. The fourth-order valence-corrected chi connectivity index (χ4v) is 1.73. The molecule has 0 spiro atoms. The van der Waals surface area contributed by atoms with Crippen LogP contribution in [0, 0.1) is 6.92 Å². The van der Waals surface area contributed by atoms with Gasteiger partial charge in [0, 0.05) is 20.1 Å². The molecule has 5 nitrogen and oxygen atoms in total. The molecule has 0 bridgehead atoms. The van der Waals surface area contributed by atoms with Gasteiger partial charge in [0.25, 0.3) is 0 Å². The first-order chi connectivity index (χ1) is 8.06. The van der Waals surface area contributed by atoms with Gasteiger partial charge in [-0.3, -0.25) is 9.48 Å². The van der Waals surface area contributed by atoms with Crippen molar-refractivity contribution in [2.75, 3.05) is 13.2 Å². The third kappa shape index (κ3) is 4.02. The quantitative estimate of drug-likeness (QED) is 0.620. The number of esters is 1. The number of ether oxygens (including phenoxy) is 1. The molecule has 6 heteroatoms. The maximum Gasteiger partial charge on any atom is 0.307 e. The normalized spacial score (nSPS) is 10.6. The van der Waals surface area contributed by atoms with Gasteiger partial charge in [-0.25, -0.2) is 0 Å². The molecule has 0 saturated heterocycles. The summed E-state index contributed by atoms with van der Waals surface area (Å²) in [7, 11) is 1.85. The number of hydrogen-bond donors (Lipinski definition) is 1. The average Bonchev–Trinajstić information content (AvgIpc) is 2.50. The minimum absolute atomic E-state index is 0.188. The zero-order valence-corrected chi connectivity index (χ0v) is 11.2. The minimum atomic E-state index is -0.188. The highest BCUT2D eigenvalue weighted by Gasteiger charge is 2.10. The summed E-state index contributed by atoms with van der Waals surface area (Å²) in [6.45, 7) is 5.24. The lowest BCUT2D eigenvalue weighted by molar-refractivity contribution is -0.142. The number of hydrogen-bond acceptors (Lipinski definition) is 4. The molecule has 0 aliphatic rings. The summed E-state index contributed by atoms with van der Waals surface area (Å²) in [4.78, 5) is 11.1. The molecule has 17 heavy (non-hydrogen) atoms. The van der Waals surface area contributed by atoms with E-state index >= 15 is 0 Å². The second-order valence-corrected chi connectivity index (χ2v) is 4.08. The Morgan fingerprint density at radius 2 is 2.29 bits per heavy atom. The Hall–Kier alpha value is -1.07. The predicted octanol–water partition coefficient (Wildman–Crippen LogP) is 1.42. The summed E-state index contributed by atoms with van der Waals surface area (Å²) in [5.41, 5.74) is 1.74. The van der Waals surface area contributed by atoms with Crippen molar-refractivity contribution >= 4 is 17.6 Å². The molecule has 0 amide bonds. The van der Waals surface area contributed by atoms with E-state index in [1.165, 1.54) is 0 Å². The highest BCUT2D eigenvalue weighted by Crippen LogP contribution is 2.18. The Morgan fingerprint density at radius 1 is 1.59 bits per heavy atom. The monoisotopic (exact) mass is 259 g/mol. The lowest BCUT2D eigenvalue weighted by Gasteiger charge is -2.05. The van der Waals surface area contributed by atoms with Crippen LogP contribution in [0.25, 0.3) is 0 Å². The average molecular weight is 260 g/mol. The summed E-state index contributed by atoms with van der Waals surface area (Å²) in [6, 6.07) is 0. The third-order valence-corrected chi connectivity index (χ3v) is 2.86. The van der Waals surface area contributed by atoms with Crippen molar-refractivity contribution in [3.63, 3.8) is 0 Å². The van der Waals surface area contributed by atoms with E-state index in [1.807, 2.05) is 14.0 Å². The summed E-state index contributed by atoms with van der Waals surface area (Å²) < 4.78 is 6.57. The van der Waals surface area contributed by atoms with Crippen molar-refractivity contribution in [3.8, 4) is 0 Å². The molecule has 0 unspecified atom stereocenters. The van der Waals surface area contributed by atoms with Crippen molar-refractivity contribution in [1.82, 2.24) is 15.1 Å². The molecule has 1 aromatic heterocycles. The molecular weight excluding hydrogens is 242 g/mol. The minimum Gasteiger partial charge on any atom is -0.466 e. The Kier molecular flexibility index (Phi) is 5.44. The zero-order chi connectivity index (χ0) is 12.8. The van der Waals surface area contributed by atoms with Crippen LogP contribution in [0.1, 0.15) is 24.7 Å². The van der Waals surface area contributed by atoms with E-state index in [-0.39, 0.29) is 5.97 Å². The fraction of sp³-hybridized carbons (Fsp3) is 0.636. The number of nitrogens with zero attached hydrogens (tertiary/aromatic N) is 2. The van der Waals surface area contributed by atoms with E-state index < -0.39 is 0 Å². The molecule has 1 heterocycles. The van der Waals surface area contributed by atoms with E-state index in [9.17, 15) is 4.79 Å². The van der Waals surface area contributed by atoms with Crippen LogP contribution in [0.4, 0.5) is 0 Å². The van der Waals surface area contributed by atoms with Crippen molar-refractivity contribution in [2.24, 2.45) is 7.05 Å². The van der Waals surface area contributed by atoms with Gasteiger partial charge >= 0.3 is 5.97 Å². The van der Waals surface area contributed by atoms with Gasteiger partial charge in [0.2, 0.25) is 0 Å². The van der Waals surface area contributed by atoms with Crippen molar-refractivity contribution < 1.29 is 9.53 Å². The molecule has 0 atom stereocenters. The van der Waals surface area contributed by atoms with Gasteiger partial charge in [0.05, 0.1) is 29.4 Å². The zero-order valence-electron chi connectivity index (χ0n) is 10.4. The molecule has 0 aromatic carbocycles. The van der Waals surface area contributed by atoms with E-state index in [0.29, 0.717) is 31.1 Å². The topological polar surface area (TPSA) is 56.1 Å². The number of nitrogens with one attached hydrogen (secondary N) is 1. The van der Waals surface area contributed by atoms with Crippen LogP contribution in [0.5, 0.6) is 0 Å². The van der Waals surface area contributed by atoms with Crippen molar-refractivity contribution in [2.45, 2.75) is 26.8 Å². The molecule has 0 saturated carbocycles. The number of aryl methyl sites for hydroxylation is 2. The second kappa shape index (κ2) is 6.61. The third-order valence-electron chi connectivity index (χ3n) is 2.37. The highest BCUT2D eigenvalue weighted by atomic mass is 35.5. The van der Waals surface area contributed by atoms with Gasteiger partial charge in [-0.05, 0) is 13.8 Å². The van der Waals surface area contributed by atoms with Gasteiger partial charge in [-0.2, -0.15) is 5.10 Å². The Balaban J connectivity index is 2.34. The maximum absolute atomic E-state index is 11.1. The first kappa shape index (κ1) is 14.0. The van der Waals surface area contributed by atoms with Crippen LogP contribution >= 0.6 is 11.6 Å². The van der Waals surface area contributed by atoms with E-state index in [4.69, 9.17) is 16.3 Å². The number of carbonyl (C=O) groups excluding carboxylic acids is 1. The standard InChI is InChI=1S/C11H18ClN3O2/c1-4-17-10(16)5-6-13-7-9-11(12)8(2)14-15(9)3/h13H,4-7H2,1-3H3. The SMILES string of the molecule is CCOC(=O)CCNCc1c(Cl)c(C)nn1C. The van der Waals surface area contributed by atoms with Crippen molar-refractivity contribution in [1.29, 1.82) is 0 Å². The smallest absolute Gasteiger partial charge is 0.307 e. The van der Waals surface area contributed by atoms with Crippen molar-refractivity contribution in [3.05, 3.63) is 16.4 Å². The molecule has 1 aromatic rings. The largest absolute Gasteiger partial charge is 0.466 e. The lowest BCUT2D eigenvalue weighted by atomic mass is 10.3. The first-order valence-corrected chi connectivity index (χ1v) is 5.98. The van der Waals surface area contributed by atoms with Crippen LogP contribution in [-0.2, 0) is 23.1 Å². The molecule has 1 rings (SSSR count). The predicted molar refractivity (Wildman–Crippen MR) is 65.9 cm³/mol. The summed E-state index contributed by atoms with van der Waals surface area (Å²) in [5.74, 6) is -0.188. The molecule has 0 fully saturated rings. The van der Waals surface area contributed by atoms with E-state index in [0.717, 1.165) is 11.4 Å². The number of carbonyl (C=O) groups is 1. The molecule has 0 aliphatic heterocycles. The fourth-order valence-electron chi connectivity index (χ4n) is 1.50. The van der Waals surface area contributed by atoms with Gasteiger partial charge in [-0.15, -0.1) is 0 Å². The van der Waals surface area contributed by atoms with Gasteiger partial charge in [-0.1, -0.05) is 11.6 Å². The van der Waals surface area contributed by atoms with Crippen LogP contribution < -0.4 is 5.32 Å². The molecule has 96 valence electrons. The van der Waals surface area contributed by atoms with Crippen LogP contribution in [0.2, 0.25) is 5.02 Å². The summed E-state index contributed by atoms with van der Waals surface area (Å²) in [6.07, 6.45) is 0.363. The van der Waals surface area contributed by atoms with E-state index in [1.54, 1.807) is 11.6 Å². The molecule has 1 N–H and O–H groups in total. The van der Waals surface area contributed by atoms with Crippen LogP contribution in [0.15, 0.2) is 0 Å². The number of rotatable bonds is 6. The maximum atomic E-state index is 11.1. The van der Waals surface area contributed by atoms with Crippen LogP contribution in [0.3, 0.4) is 0 Å².